The fourth-order valence-corrected chi connectivity index (χ4v) is 3.43. The summed E-state index contributed by atoms with van der Waals surface area (Å²) in [6.45, 7) is 1.97. The van der Waals surface area contributed by atoms with Crippen LogP contribution in [0, 0.1) is 5.92 Å². The Morgan fingerprint density at radius 2 is 2.08 bits per heavy atom. The zero-order valence-corrected chi connectivity index (χ0v) is 14.8. The lowest BCUT2D eigenvalue weighted by molar-refractivity contribution is -0.121. The number of halogens is 1. The first-order chi connectivity index (χ1) is 12.6. The minimum atomic E-state index is -0.399. The van der Waals surface area contributed by atoms with Crippen molar-refractivity contribution in [3.05, 3.63) is 65.7 Å². The number of hydrogen-bond donors (Lipinski definition) is 2. The highest BCUT2D eigenvalue weighted by Gasteiger charge is 2.41. The molecule has 0 aliphatic carbocycles. The number of anilines is 2. The molecule has 2 aromatic heterocycles. The Morgan fingerprint density at radius 1 is 1.27 bits per heavy atom. The van der Waals surface area contributed by atoms with Gasteiger partial charge in [0.25, 0.3) is 0 Å². The van der Waals surface area contributed by atoms with E-state index in [4.69, 9.17) is 11.6 Å². The monoisotopic (exact) mass is 368 g/mol. The van der Waals surface area contributed by atoms with Gasteiger partial charge in [0.2, 0.25) is 11.9 Å². The van der Waals surface area contributed by atoms with E-state index in [9.17, 15) is 4.79 Å². The van der Waals surface area contributed by atoms with E-state index >= 15 is 0 Å². The van der Waals surface area contributed by atoms with Crippen molar-refractivity contribution < 1.29 is 4.79 Å². The first kappa shape index (κ1) is 16.5. The average molecular weight is 369 g/mol. The standard InChI is InChI=1S/C18H17ClN6O/c1-11-15(17(26)24-14-6-4-13(19)5-7-14)16(12-3-2-8-20-9-12)25-18(23-11)21-10-22-25/h2-11,15-16H,1H3,(H,24,26)(H,21,22,23)/t11-,15+,16+/m0/s1. The number of amides is 1. The number of fused-ring (bicyclic) bond motifs is 1. The first-order valence-electron chi connectivity index (χ1n) is 8.26. The molecule has 3 atom stereocenters. The summed E-state index contributed by atoms with van der Waals surface area (Å²) in [5.74, 6) is 0.133. The Kier molecular flexibility index (Phi) is 4.30. The number of rotatable bonds is 3. The van der Waals surface area contributed by atoms with Crippen LogP contribution >= 0.6 is 11.6 Å². The van der Waals surface area contributed by atoms with E-state index in [0.29, 0.717) is 16.7 Å². The normalized spacial score (nSPS) is 21.5. The highest BCUT2D eigenvalue weighted by Crippen LogP contribution is 2.36. The number of nitrogens with zero attached hydrogens (tertiary/aromatic N) is 4. The molecule has 1 aliphatic rings. The molecule has 7 nitrogen and oxygen atoms in total. The van der Waals surface area contributed by atoms with Crippen LogP contribution in [0.1, 0.15) is 18.5 Å². The van der Waals surface area contributed by atoms with Crippen molar-refractivity contribution in [3.8, 4) is 0 Å². The summed E-state index contributed by atoms with van der Waals surface area (Å²) in [5.41, 5.74) is 1.60. The molecule has 8 heteroatoms. The molecular formula is C18H17ClN6O. The molecule has 3 aromatic rings. The van der Waals surface area contributed by atoms with E-state index in [0.717, 1.165) is 5.56 Å². The van der Waals surface area contributed by atoms with Crippen molar-refractivity contribution in [2.24, 2.45) is 5.92 Å². The van der Waals surface area contributed by atoms with E-state index < -0.39 is 5.92 Å². The Balaban J connectivity index is 1.70. The molecule has 0 saturated carbocycles. The molecule has 0 bridgehead atoms. The Morgan fingerprint density at radius 3 is 2.81 bits per heavy atom. The van der Waals surface area contributed by atoms with E-state index in [-0.39, 0.29) is 18.0 Å². The van der Waals surface area contributed by atoms with Crippen LogP contribution in [0.15, 0.2) is 55.1 Å². The Hall–Kier alpha value is -2.93. The number of aromatic nitrogens is 4. The van der Waals surface area contributed by atoms with Crippen LogP contribution in [-0.2, 0) is 4.79 Å². The molecule has 1 aromatic carbocycles. The molecular weight excluding hydrogens is 352 g/mol. The van der Waals surface area contributed by atoms with Crippen LogP contribution in [0.5, 0.6) is 0 Å². The maximum Gasteiger partial charge on any atom is 0.232 e. The van der Waals surface area contributed by atoms with Gasteiger partial charge in [-0.15, -0.1) is 0 Å². The quantitative estimate of drug-likeness (QED) is 0.742. The van der Waals surface area contributed by atoms with Gasteiger partial charge in [0.15, 0.2) is 0 Å². The summed E-state index contributed by atoms with van der Waals surface area (Å²) in [6, 6.07) is 10.4. The fourth-order valence-electron chi connectivity index (χ4n) is 3.30. The summed E-state index contributed by atoms with van der Waals surface area (Å²) < 4.78 is 1.74. The second-order valence-corrected chi connectivity index (χ2v) is 6.65. The molecule has 1 aliphatic heterocycles. The summed E-state index contributed by atoms with van der Waals surface area (Å²) in [7, 11) is 0. The van der Waals surface area contributed by atoms with Crippen molar-refractivity contribution in [2.45, 2.75) is 19.0 Å². The smallest absolute Gasteiger partial charge is 0.232 e. The van der Waals surface area contributed by atoms with Gasteiger partial charge in [-0.2, -0.15) is 10.1 Å². The molecule has 0 unspecified atom stereocenters. The maximum absolute atomic E-state index is 13.1. The van der Waals surface area contributed by atoms with Gasteiger partial charge in [-0.05, 0) is 42.8 Å². The number of hydrogen-bond acceptors (Lipinski definition) is 5. The molecule has 0 saturated heterocycles. The number of carbonyl (C=O) groups excluding carboxylic acids is 1. The van der Waals surface area contributed by atoms with Gasteiger partial charge in [-0.3, -0.25) is 9.78 Å². The molecule has 0 fully saturated rings. The van der Waals surface area contributed by atoms with Crippen molar-refractivity contribution >= 4 is 29.1 Å². The molecule has 0 radical (unpaired) electrons. The highest BCUT2D eigenvalue weighted by molar-refractivity contribution is 6.30. The summed E-state index contributed by atoms with van der Waals surface area (Å²) in [4.78, 5) is 21.6. The molecule has 3 heterocycles. The first-order valence-corrected chi connectivity index (χ1v) is 8.63. The lowest BCUT2D eigenvalue weighted by Crippen LogP contribution is -2.46. The minimum Gasteiger partial charge on any atom is -0.351 e. The zero-order valence-electron chi connectivity index (χ0n) is 14.0. The van der Waals surface area contributed by atoms with Gasteiger partial charge in [0.1, 0.15) is 6.33 Å². The van der Waals surface area contributed by atoms with Crippen molar-refractivity contribution in [1.29, 1.82) is 0 Å². The highest BCUT2D eigenvalue weighted by atomic mass is 35.5. The third-order valence-electron chi connectivity index (χ3n) is 4.51. The van der Waals surface area contributed by atoms with Crippen LogP contribution in [0.25, 0.3) is 0 Å². The molecule has 26 heavy (non-hydrogen) atoms. The number of carbonyl (C=O) groups is 1. The fraction of sp³-hybridized carbons (Fsp3) is 0.222. The van der Waals surface area contributed by atoms with Crippen molar-refractivity contribution in [3.63, 3.8) is 0 Å². The van der Waals surface area contributed by atoms with E-state index in [2.05, 4.69) is 25.7 Å². The average Bonchev–Trinajstić information content (AvgIpc) is 3.11. The number of benzene rings is 1. The second-order valence-electron chi connectivity index (χ2n) is 6.21. The van der Waals surface area contributed by atoms with Gasteiger partial charge in [-0.25, -0.2) is 4.68 Å². The Labute approximate surface area is 155 Å². The van der Waals surface area contributed by atoms with Crippen LogP contribution < -0.4 is 10.6 Å². The van der Waals surface area contributed by atoms with Crippen LogP contribution in [0.2, 0.25) is 5.02 Å². The molecule has 2 N–H and O–H groups in total. The van der Waals surface area contributed by atoms with Crippen LogP contribution in [0.3, 0.4) is 0 Å². The maximum atomic E-state index is 13.1. The lowest BCUT2D eigenvalue weighted by atomic mass is 9.86. The molecule has 132 valence electrons. The van der Waals surface area contributed by atoms with E-state index in [1.165, 1.54) is 6.33 Å². The molecule has 0 spiro atoms. The van der Waals surface area contributed by atoms with Gasteiger partial charge < -0.3 is 10.6 Å². The van der Waals surface area contributed by atoms with E-state index in [1.54, 1.807) is 41.3 Å². The second kappa shape index (κ2) is 6.76. The Bertz CT molecular complexity index is 911. The van der Waals surface area contributed by atoms with Crippen LogP contribution in [-0.4, -0.2) is 31.7 Å². The summed E-state index contributed by atoms with van der Waals surface area (Å²) in [6.07, 6.45) is 4.95. The van der Waals surface area contributed by atoms with Crippen molar-refractivity contribution in [1.82, 2.24) is 19.7 Å². The molecule has 4 rings (SSSR count). The topological polar surface area (TPSA) is 84.7 Å². The summed E-state index contributed by atoms with van der Waals surface area (Å²) >= 11 is 5.92. The van der Waals surface area contributed by atoms with Gasteiger partial charge in [0, 0.05) is 29.1 Å². The predicted octanol–water partition coefficient (Wildman–Crippen LogP) is 2.98. The van der Waals surface area contributed by atoms with Gasteiger partial charge >= 0.3 is 0 Å². The van der Waals surface area contributed by atoms with E-state index in [1.807, 2.05) is 19.1 Å². The third kappa shape index (κ3) is 3.01. The van der Waals surface area contributed by atoms with Crippen LogP contribution in [0.4, 0.5) is 11.6 Å². The summed E-state index contributed by atoms with van der Waals surface area (Å²) in [5, 5.41) is 11.2. The van der Waals surface area contributed by atoms with Gasteiger partial charge in [-0.1, -0.05) is 17.7 Å². The minimum absolute atomic E-state index is 0.109. The lowest BCUT2D eigenvalue weighted by Gasteiger charge is -2.36. The SMILES string of the molecule is C[C@@H]1Nc2ncnn2[C@H](c2cccnc2)[C@@H]1C(=O)Nc1ccc(Cl)cc1. The largest absolute Gasteiger partial charge is 0.351 e. The zero-order chi connectivity index (χ0) is 18.1. The molecule has 1 amide bonds. The predicted molar refractivity (Wildman–Crippen MR) is 99.1 cm³/mol. The van der Waals surface area contributed by atoms with Gasteiger partial charge in [0.05, 0.1) is 12.0 Å². The van der Waals surface area contributed by atoms with Crippen molar-refractivity contribution in [2.75, 3.05) is 10.6 Å². The third-order valence-corrected chi connectivity index (χ3v) is 4.76. The number of pyridine rings is 1. The number of nitrogens with one attached hydrogen (secondary N) is 2.